The van der Waals surface area contributed by atoms with Crippen molar-refractivity contribution in [2.75, 3.05) is 11.1 Å². The minimum Gasteiger partial charge on any atom is -0.452 e. The first-order valence-corrected chi connectivity index (χ1v) is 9.23. The zero-order valence-corrected chi connectivity index (χ0v) is 15.5. The van der Waals surface area contributed by atoms with Crippen LogP contribution in [-0.2, 0) is 14.3 Å². The molecule has 4 nitrogen and oxygen atoms in total. The number of carbonyl (C=O) groups is 2. The van der Waals surface area contributed by atoms with E-state index in [1.54, 1.807) is 6.92 Å². The third kappa shape index (κ3) is 5.94. The Morgan fingerprint density at radius 1 is 1.00 bits per heavy atom. The predicted octanol–water partition coefficient (Wildman–Crippen LogP) is 4.47. The van der Waals surface area contributed by atoms with Crippen LogP contribution in [0, 0.1) is 0 Å². The maximum absolute atomic E-state index is 12.3. The summed E-state index contributed by atoms with van der Waals surface area (Å²) in [6, 6.07) is 17.2. The molecule has 0 radical (unpaired) electrons. The SMILES string of the molecule is CC(C)c1ccccc1NC(=O)[C@@H](C)OC(=O)CSc1ccccc1. The molecule has 1 amide bonds. The van der Waals surface area contributed by atoms with Crippen molar-refractivity contribution < 1.29 is 14.3 Å². The molecule has 0 fully saturated rings. The Morgan fingerprint density at radius 2 is 1.64 bits per heavy atom. The second-order valence-electron chi connectivity index (χ2n) is 5.97. The lowest BCUT2D eigenvalue weighted by molar-refractivity contribution is -0.150. The molecule has 0 aliphatic heterocycles. The van der Waals surface area contributed by atoms with Crippen molar-refractivity contribution in [1.82, 2.24) is 0 Å². The molecule has 25 heavy (non-hydrogen) atoms. The molecule has 0 saturated carbocycles. The van der Waals surface area contributed by atoms with Crippen LogP contribution in [0.1, 0.15) is 32.3 Å². The van der Waals surface area contributed by atoms with Gasteiger partial charge in [-0.1, -0.05) is 50.2 Å². The fourth-order valence-electron chi connectivity index (χ4n) is 2.29. The number of nitrogens with one attached hydrogen (secondary N) is 1. The van der Waals surface area contributed by atoms with Crippen LogP contribution in [0.5, 0.6) is 0 Å². The van der Waals surface area contributed by atoms with Gasteiger partial charge in [0, 0.05) is 10.6 Å². The Kier molecular flexibility index (Phi) is 7.07. The van der Waals surface area contributed by atoms with Gasteiger partial charge in [-0.3, -0.25) is 9.59 Å². The highest BCUT2D eigenvalue weighted by molar-refractivity contribution is 8.00. The fourth-order valence-corrected chi connectivity index (χ4v) is 2.99. The first-order valence-electron chi connectivity index (χ1n) is 8.24. The first-order chi connectivity index (χ1) is 12.0. The summed E-state index contributed by atoms with van der Waals surface area (Å²) in [6.07, 6.45) is -0.843. The van der Waals surface area contributed by atoms with E-state index in [1.165, 1.54) is 11.8 Å². The smallest absolute Gasteiger partial charge is 0.317 e. The second kappa shape index (κ2) is 9.28. The average Bonchev–Trinajstić information content (AvgIpc) is 2.61. The fraction of sp³-hybridized carbons (Fsp3) is 0.300. The molecule has 0 bridgehead atoms. The maximum atomic E-state index is 12.3. The summed E-state index contributed by atoms with van der Waals surface area (Å²) < 4.78 is 5.23. The lowest BCUT2D eigenvalue weighted by atomic mass is 10.0. The van der Waals surface area contributed by atoms with Crippen LogP contribution >= 0.6 is 11.8 Å². The van der Waals surface area contributed by atoms with E-state index in [2.05, 4.69) is 19.2 Å². The summed E-state index contributed by atoms with van der Waals surface area (Å²) in [7, 11) is 0. The molecule has 5 heteroatoms. The number of thioether (sulfide) groups is 1. The largest absolute Gasteiger partial charge is 0.452 e. The number of esters is 1. The molecule has 0 heterocycles. The van der Waals surface area contributed by atoms with Gasteiger partial charge in [-0.2, -0.15) is 0 Å². The number of anilines is 1. The lowest BCUT2D eigenvalue weighted by Crippen LogP contribution is -2.30. The van der Waals surface area contributed by atoms with Crippen molar-refractivity contribution in [2.45, 2.75) is 37.7 Å². The molecule has 0 spiro atoms. The minimum absolute atomic E-state index is 0.171. The summed E-state index contributed by atoms with van der Waals surface area (Å²) in [4.78, 5) is 25.2. The van der Waals surface area contributed by atoms with E-state index >= 15 is 0 Å². The van der Waals surface area contributed by atoms with Gasteiger partial charge in [0.2, 0.25) is 0 Å². The number of para-hydroxylation sites is 1. The molecule has 0 aliphatic rings. The van der Waals surface area contributed by atoms with Crippen molar-refractivity contribution >= 4 is 29.3 Å². The third-order valence-electron chi connectivity index (χ3n) is 3.62. The van der Waals surface area contributed by atoms with Gasteiger partial charge in [0.1, 0.15) is 0 Å². The lowest BCUT2D eigenvalue weighted by Gasteiger charge is -2.17. The molecule has 2 rings (SSSR count). The number of ether oxygens (including phenoxy) is 1. The topological polar surface area (TPSA) is 55.4 Å². The van der Waals surface area contributed by atoms with Gasteiger partial charge in [-0.05, 0) is 36.6 Å². The van der Waals surface area contributed by atoms with Crippen molar-refractivity contribution in [1.29, 1.82) is 0 Å². The van der Waals surface area contributed by atoms with Crippen molar-refractivity contribution in [3.8, 4) is 0 Å². The molecular weight excluding hydrogens is 334 g/mol. The third-order valence-corrected chi connectivity index (χ3v) is 4.60. The normalized spacial score (nSPS) is 11.8. The van der Waals surface area contributed by atoms with Crippen molar-refractivity contribution in [3.05, 3.63) is 60.2 Å². The van der Waals surface area contributed by atoms with E-state index < -0.39 is 12.1 Å². The van der Waals surface area contributed by atoms with Gasteiger partial charge in [0.25, 0.3) is 5.91 Å². The van der Waals surface area contributed by atoms with E-state index in [1.807, 2.05) is 54.6 Å². The quantitative estimate of drug-likeness (QED) is 0.587. The van der Waals surface area contributed by atoms with Gasteiger partial charge < -0.3 is 10.1 Å². The van der Waals surface area contributed by atoms with Crippen LogP contribution in [0.2, 0.25) is 0 Å². The van der Waals surface area contributed by atoms with Gasteiger partial charge in [-0.15, -0.1) is 11.8 Å². The summed E-state index contributed by atoms with van der Waals surface area (Å²) in [5.41, 5.74) is 1.80. The number of carbonyl (C=O) groups excluding carboxylic acids is 2. The van der Waals surface area contributed by atoms with Gasteiger partial charge in [0.05, 0.1) is 5.75 Å². The molecule has 1 atom stereocenters. The van der Waals surface area contributed by atoms with E-state index in [0.717, 1.165) is 16.1 Å². The Hall–Kier alpha value is -2.27. The molecule has 0 aliphatic carbocycles. The maximum Gasteiger partial charge on any atom is 0.317 e. The van der Waals surface area contributed by atoms with E-state index in [9.17, 15) is 9.59 Å². The Morgan fingerprint density at radius 3 is 2.32 bits per heavy atom. The molecule has 132 valence electrons. The number of hydrogen-bond acceptors (Lipinski definition) is 4. The molecule has 2 aromatic rings. The van der Waals surface area contributed by atoms with Crippen LogP contribution in [0.15, 0.2) is 59.5 Å². The summed E-state index contributed by atoms with van der Waals surface area (Å²) in [5, 5.41) is 2.85. The van der Waals surface area contributed by atoms with E-state index in [0.29, 0.717) is 0 Å². The van der Waals surface area contributed by atoms with Crippen molar-refractivity contribution in [2.24, 2.45) is 0 Å². The summed E-state index contributed by atoms with van der Waals surface area (Å²) in [6.45, 7) is 5.71. The number of rotatable bonds is 7. The highest BCUT2D eigenvalue weighted by Crippen LogP contribution is 2.24. The first kappa shape index (κ1) is 19.1. The Balaban J connectivity index is 1.87. The molecular formula is C20H23NO3S. The average molecular weight is 357 g/mol. The monoisotopic (exact) mass is 357 g/mol. The standard InChI is InChI=1S/C20H23NO3S/c1-14(2)17-11-7-8-12-18(17)21-20(23)15(3)24-19(22)13-25-16-9-5-4-6-10-16/h4-12,14-15H,13H2,1-3H3,(H,21,23)/t15-/m1/s1. The highest BCUT2D eigenvalue weighted by atomic mass is 32.2. The Labute approximate surface area is 153 Å². The van der Waals surface area contributed by atoms with E-state index in [4.69, 9.17) is 4.74 Å². The van der Waals surface area contributed by atoms with Gasteiger partial charge >= 0.3 is 5.97 Å². The summed E-state index contributed by atoms with van der Waals surface area (Å²) in [5.74, 6) is -0.277. The van der Waals surface area contributed by atoms with Crippen LogP contribution in [0.4, 0.5) is 5.69 Å². The molecule has 2 aromatic carbocycles. The molecule has 0 saturated heterocycles. The van der Waals surface area contributed by atoms with Crippen LogP contribution in [-0.4, -0.2) is 23.7 Å². The molecule has 1 N–H and O–H groups in total. The van der Waals surface area contributed by atoms with Gasteiger partial charge in [-0.25, -0.2) is 0 Å². The van der Waals surface area contributed by atoms with Crippen LogP contribution in [0.25, 0.3) is 0 Å². The van der Waals surface area contributed by atoms with Crippen LogP contribution in [0.3, 0.4) is 0 Å². The number of hydrogen-bond donors (Lipinski definition) is 1. The molecule has 0 unspecified atom stereocenters. The van der Waals surface area contributed by atoms with E-state index in [-0.39, 0.29) is 17.6 Å². The summed E-state index contributed by atoms with van der Waals surface area (Å²) >= 11 is 1.39. The number of amides is 1. The highest BCUT2D eigenvalue weighted by Gasteiger charge is 2.19. The second-order valence-corrected chi connectivity index (χ2v) is 7.01. The zero-order chi connectivity index (χ0) is 18.2. The van der Waals surface area contributed by atoms with Gasteiger partial charge in [0.15, 0.2) is 6.10 Å². The van der Waals surface area contributed by atoms with Crippen LogP contribution < -0.4 is 5.32 Å². The predicted molar refractivity (Wildman–Crippen MR) is 102 cm³/mol. The number of benzene rings is 2. The van der Waals surface area contributed by atoms with Crippen molar-refractivity contribution in [3.63, 3.8) is 0 Å². The molecule has 0 aromatic heterocycles. The minimum atomic E-state index is -0.843. The Bertz CT molecular complexity index is 716. The zero-order valence-electron chi connectivity index (χ0n) is 14.7.